The molecule has 0 fully saturated rings. The molecular weight excluding hydrogens is 404 g/mol. The average Bonchev–Trinajstić information content (AvgIpc) is 2.63. The van der Waals surface area contributed by atoms with Crippen molar-refractivity contribution in [1.82, 2.24) is 10.6 Å². The van der Waals surface area contributed by atoms with Crippen molar-refractivity contribution in [2.75, 3.05) is 10.6 Å². The molecule has 0 spiro atoms. The molecule has 0 saturated carbocycles. The molecule has 0 saturated heterocycles. The summed E-state index contributed by atoms with van der Waals surface area (Å²) >= 11 is 16.0. The molecule has 0 aromatic heterocycles. The van der Waals surface area contributed by atoms with Crippen molar-refractivity contribution in [3.8, 4) is 0 Å². The number of amides is 2. The van der Waals surface area contributed by atoms with Gasteiger partial charge in [0.05, 0.1) is 0 Å². The Labute approximate surface area is 172 Å². The number of hydrogen-bond acceptors (Lipinski definition) is 4. The Morgan fingerprint density at radius 3 is 1.81 bits per heavy atom. The van der Waals surface area contributed by atoms with Gasteiger partial charge in [0.25, 0.3) is 5.91 Å². The molecule has 0 unspecified atom stereocenters. The van der Waals surface area contributed by atoms with Crippen LogP contribution in [0.15, 0.2) is 48.5 Å². The molecule has 0 heterocycles. The van der Waals surface area contributed by atoms with E-state index in [2.05, 4.69) is 21.3 Å². The smallest absolute Gasteiger partial charge is 0.257 e. The Hall–Kier alpha value is -2.55. The molecule has 4 N–H and O–H groups in total. The van der Waals surface area contributed by atoms with Gasteiger partial charge in [-0.15, -0.1) is 0 Å². The highest BCUT2D eigenvalue weighted by atomic mass is 35.5. The Bertz CT molecular complexity index is 855. The van der Waals surface area contributed by atoms with Crippen LogP contribution in [-0.2, 0) is 4.79 Å². The van der Waals surface area contributed by atoms with Crippen LogP contribution in [-0.4, -0.2) is 22.0 Å². The first kappa shape index (κ1) is 20.8. The fourth-order valence-electron chi connectivity index (χ4n) is 1.95. The molecule has 6 nitrogen and oxygen atoms in total. The lowest BCUT2D eigenvalue weighted by molar-refractivity contribution is -0.119. The van der Waals surface area contributed by atoms with Crippen molar-refractivity contribution in [3.05, 3.63) is 59.1 Å². The molecular formula is C18H17ClN4O2S2. The second-order valence-corrected chi connectivity index (χ2v) is 6.60. The number of hydrogen-bond donors (Lipinski definition) is 4. The van der Waals surface area contributed by atoms with Gasteiger partial charge in [-0.05, 0) is 73.0 Å². The Kier molecular flexibility index (Phi) is 7.66. The summed E-state index contributed by atoms with van der Waals surface area (Å²) in [4.78, 5) is 23.4. The molecule has 9 heteroatoms. The van der Waals surface area contributed by atoms with Crippen LogP contribution < -0.4 is 21.3 Å². The van der Waals surface area contributed by atoms with Gasteiger partial charge in [0.15, 0.2) is 10.2 Å². The zero-order chi connectivity index (χ0) is 19.8. The van der Waals surface area contributed by atoms with Gasteiger partial charge in [-0.3, -0.25) is 14.9 Å². The summed E-state index contributed by atoms with van der Waals surface area (Å²) < 4.78 is 0. The van der Waals surface area contributed by atoms with E-state index in [1.165, 1.54) is 0 Å². The molecule has 0 aliphatic rings. The van der Waals surface area contributed by atoms with Crippen molar-refractivity contribution < 1.29 is 9.59 Å². The predicted molar refractivity (Wildman–Crippen MR) is 116 cm³/mol. The van der Waals surface area contributed by atoms with Crippen molar-refractivity contribution in [2.24, 2.45) is 0 Å². The lowest BCUT2D eigenvalue weighted by Gasteiger charge is -2.12. The van der Waals surface area contributed by atoms with E-state index in [1.807, 2.05) is 0 Å². The molecule has 2 aromatic carbocycles. The highest BCUT2D eigenvalue weighted by Gasteiger charge is 2.08. The second-order valence-electron chi connectivity index (χ2n) is 5.35. The molecule has 0 bridgehead atoms. The Morgan fingerprint density at radius 2 is 1.33 bits per heavy atom. The van der Waals surface area contributed by atoms with Crippen LogP contribution in [0.2, 0.25) is 5.02 Å². The van der Waals surface area contributed by atoms with Crippen LogP contribution in [0.25, 0.3) is 0 Å². The molecule has 0 aliphatic carbocycles. The van der Waals surface area contributed by atoms with E-state index in [4.69, 9.17) is 36.0 Å². The monoisotopic (exact) mass is 420 g/mol. The van der Waals surface area contributed by atoms with Gasteiger partial charge in [0, 0.05) is 28.4 Å². The zero-order valence-corrected chi connectivity index (χ0v) is 16.7. The maximum atomic E-state index is 12.1. The van der Waals surface area contributed by atoms with Crippen molar-refractivity contribution in [3.63, 3.8) is 0 Å². The summed E-state index contributed by atoms with van der Waals surface area (Å²) in [5.74, 6) is -0.493. The Balaban J connectivity index is 1.87. The van der Waals surface area contributed by atoms with Gasteiger partial charge in [-0.2, -0.15) is 0 Å². The van der Waals surface area contributed by atoms with E-state index < -0.39 is 0 Å². The van der Waals surface area contributed by atoms with Crippen LogP contribution in [0, 0.1) is 0 Å². The van der Waals surface area contributed by atoms with E-state index >= 15 is 0 Å². The predicted octanol–water partition coefficient (Wildman–Crippen LogP) is 3.69. The SMILES string of the molecule is CCC(=O)NC(=S)Nc1ccc(NC(=S)NC(=O)c2ccc(Cl)cc2)cc1. The summed E-state index contributed by atoms with van der Waals surface area (Å²) in [5.41, 5.74) is 1.84. The van der Waals surface area contributed by atoms with Gasteiger partial charge >= 0.3 is 0 Å². The molecule has 0 aliphatic heterocycles. The molecule has 27 heavy (non-hydrogen) atoms. The van der Waals surface area contributed by atoms with E-state index in [0.717, 1.165) is 0 Å². The van der Waals surface area contributed by atoms with Crippen LogP contribution in [0.1, 0.15) is 23.7 Å². The lowest BCUT2D eigenvalue weighted by Crippen LogP contribution is -2.34. The minimum Gasteiger partial charge on any atom is -0.332 e. The van der Waals surface area contributed by atoms with Gasteiger partial charge in [-0.25, -0.2) is 0 Å². The van der Waals surface area contributed by atoms with Crippen LogP contribution in [0.5, 0.6) is 0 Å². The van der Waals surface area contributed by atoms with Gasteiger partial charge in [0.2, 0.25) is 5.91 Å². The molecule has 2 aromatic rings. The molecule has 0 atom stereocenters. The molecule has 2 rings (SSSR count). The summed E-state index contributed by atoms with van der Waals surface area (Å²) in [6.45, 7) is 1.74. The highest BCUT2D eigenvalue weighted by molar-refractivity contribution is 7.80. The first-order chi connectivity index (χ1) is 12.9. The number of thiocarbonyl (C=S) groups is 2. The third kappa shape index (κ3) is 6.93. The topological polar surface area (TPSA) is 82.3 Å². The fourth-order valence-corrected chi connectivity index (χ4v) is 2.52. The van der Waals surface area contributed by atoms with Crippen LogP contribution in [0.4, 0.5) is 11.4 Å². The van der Waals surface area contributed by atoms with E-state index in [-0.39, 0.29) is 22.0 Å². The third-order valence-corrected chi connectivity index (χ3v) is 3.97. The number of anilines is 2. The minimum absolute atomic E-state index is 0.160. The standard InChI is InChI=1S/C18H17ClN4O2S2/c1-2-15(24)22-17(26)20-13-7-9-14(10-8-13)21-18(27)23-16(25)11-3-5-12(19)6-4-11/h3-10H,2H2,1H3,(H2,20,22,24,26)(H2,21,23,25,27). The quantitative estimate of drug-likeness (QED) is 0.565. The number of carbonyl (C=O) groups excluding carboxylic acids is 2. The number of carbonyl (C=O) groups is 2. The van der Waals surface area contributed by atoms with E-state index in [9.17, 15) is 9.59 Å². The van der Waals surface area contributed by atoms with E-state index in [1.54, 1.807) is 55.5 Å². The number of nitrogens with one attached hydrogen (secondary N) is 4. The maximum Gasteiger partial charge on any atom is 0.257 e. The van der Waals surface area contributed by atoms with Crippen molar-refractivity contribution >= 4 is 69.5 Å². The summed E-state index contributed by atoms with van der Waals surface area (Å²) in [5, 5.41) is 11.9. The van der Waals surface area contributed by atoms with Crippen molar-refractivity contribution in [2.45, 2.75) is 13.3 Å². The Morgan fingerprint density at radius 1 is 0.852 bits per heavy atom. The fraction of sp³-hybridized carbons (Fsp3) is 0.111. The molecule has 140 valence electrons. The number of rotatable bonds is 4. The third-order valence-electron chi connectivity index (χ3n) is 3.31. The highest BCUT2D eigenvalue weighted by Crippen LogP contribution is 2.14. The average molecular weight is 421 g/mol. The number of benzene rings is 2. The van der Waals surface area contributed by atoms with Gasteiger partial charge < -0.3 is 16.0 Å². The molecule has 2 amide bonds. The first-order valence-corrected chi connectivity index (χ1v) is 9.15. The van der Waals surface area contributed by atoms with Gasteiger partial charge in [0.1, 0.15) is 0 Å². The van der Waals surface area contributed by atoms with E-state index in [0.29, 0.717) is 28.4 Å². The van der Waals surface area contributed by atoms with Crippen molar-refractivity contribution in [1.29, 1.82) is 0 Å². The first-order valence-electron chi connectivity index (χ1n) is 7.96. The maximum absolute atomic E-state index is 12.1. The summed E-state index contributed by atoms with van der Waals surface area (Å²) in [7, 11) is 0. The second kappa shape index (κ2) is 9.96. The minimum atomic E-state index is -0.334. The van der Waals surface area contributed by atoms with Crippen LogP contribution >= 0.6 is 36.0 Å². The zero-order valence-electron chi connectivity index (χ0n) is 14.3. The summed E-state index contributed by atoms with van der Waals surface area (Å²) in [6.07, 6.45) is 0.351. The number of halogens is 1. The molecule has 0 radical (unpaired) electrons. The van der Waals surface area contributed by atoms with Crippen LogP contribution in [0.3, 0.4) is 0 Å². The van der Waals surface area contributed by atoms with Gasteiger partial charge in [-0.1, -0.05) is 18.5 Å². The summed E-state index contributed by atoms with van der Waals surface area (Å²) in [6, 6.07) is 13.5. The largest absolute Gasteiger partial charge is 0.332 e. The lowest BCUT2D eigenvalue weighted by atomic mass is 10.2. The normalized spacial score (nSPS) is 9.85.